The Morgan fingerprint density at radius 3 is 2.71 bits per heavy atom. The van der Waals surface area contributed by atoms with Crippen molar-refractivity contribution in [1.82, 2.24) is 5.32 Å². The summed E-state index contributed by atoms with van der Waals surface area (Å²) in [7, 11) is 0. The second-order valence-corrected chi connectivity index (χ2v) is 4.21. The van der Waals surface area contributed by atoms with Gasteiger partial charge in [-0.3, -0.25) is 4.79 Å². The molecule has 2 aliphatic heterocycles. The van der Waals surface area contributed by atoms with Gasteiger partial charge in [-0.25, -0.2) is 0 Å². The largest absolute Gasteiger partial charge is 0.388 e. The molecule has 1 aromatic rings. The molecule has 0 aromatic heterocycles. The summed E-state index contributed by atoms with van der Waals surface area (Å²) in [5.74, 6) is -0.223. The molecule has 1 aromatic carbocycles. The van der Waals surface area contributed by atoms with Gasteiger partial charge < -0.3 is 19.9 Å². The lowest BCUT2D eigenvalue weighted by atomic mass is 10.0. The molecule has 0 radical (unpaired) electrons. The van der Waals surface area contributed by atoms with Crippen molar-refractivity contribution in [2.24, 2.45) is 0 Å². The van der Waals surface area contributed by atoms with E-state index in [9.17, 15) is 9.90 Å². The third kappa shape index (κ3) is 1.82. The highest BCUT2D eigenvalue weighted by Gasteiger charge is 2.47. The van der Waals surface area contributed by atoms with E-state index in [1.165, 1.54) is 0 Å². The Morgan fingerprint density at radius 1 is 1.24 bits per heavy atom. The quantitative estimate of drug-likeness (QED) is 0.716. The van der Waals surface area contributed by atoms with Gasteiger partial charge in [0.1, 0.15) is 12.2 Å². The van der Waals surface area contributed by atoms with Gasteiger partial charge in [0.15, 0.2) is 12.4 Å². The van der Waals surface area contributed by atoms with Crippen LogP contribution in [0.2, 0.25) is 0 Å². The molecule has 5 nitrogen and oxygen atoms in total. The summed E-state index contributed by atoms with van der Waals surface area (Å²) in [5.41, 5.74) is 0.849. The SMILES string of the molecule is O=C1NC[C@@H](O)[C@H]2OC(c3ccccc3)O[C@@H]12. The molecule has 2 heterocycles. The number of amides is 1. The van der Waals surface area contributed by atoms with Crippen molar-refractivity contribution in [2.45, 2.75) is 24.6 Å². The number of fused-ring (bicyclic) bond motifs is 1. The average Bonchev–Trinajstić information content (AvgIpc) is 2.81. The summed E-state index contributed by atoms with van der Waals surface area (Å²) >= 11 is 0. The first-order valence-corrected chi connectivity index (χ1v) is 5.57. The molecule has 2 saturated heterocycles. The predicted octanol–water partition coefficient (Wildman–Crippen LogP) is -0.0401. The molecule has 0 aliphatic carbocycles. The van der Waals surface area contributed by atoms with E-state index < -0.39 is 24.6 Å². The Hall–Kier alpha value is -1.43. The van der Waals surface area contributed by atoms with Gasteiger partial charge in [0, 0.05) is 12.1 Å². The van der Waals surface area contributed by atoms with Crippen LogP contribution in [0, 0.1) is 0 Å². The van der Waals surface area contributed by atoms with Crippen LogP contribution in [0.3, 0.4) is 0 Å². The molecule has 4 atom stereocenters. The van der Waals surface area contributed by atoms with Crippen molar-refractivity contribution in [3.63, 3.8) is 0 Å². The number of carbonyl (C=O) groups is 1. The highest BCUT2D eigenvalue weighted by Crippen LogP contribution is 2.33. The lowest BCUT2D eigenvalue weighted by Crippen LogP contribution is -2.55. The van der Waals surface area contributed by atoms with E-state index in [2.05, 4.69) is 5.32 Å². The van der Waals surface area contributed by atoms with Crippen LogP contribution in [0.15, 0.2) is 30.3 Å². The minimum atomic E-state index is -0.719. The lowest BCUT2D eigenvalue weighted by Gasteiger charge is -2.26. The number of aliphatic hydroxyl groups excluding tert-OH is 1. The van der Waals surface area contributed by atoms with E-state index in [-0.39, 0.29) is 12.5 Å². The molecular formula is C12H13NO4. The molecule has 17 heavy (non-hydrogen) atoms. The van der Waals surface area contributed by atoms with Crippen LogP contribution in [-0.2, 0) is 14.3 Å². The lowest BCUT2D eigenvalue weighted by molar-refractivity contribution is -0.137. The van der Waals surface area contributed by atoms with Crippen molar-refractivity contribution >= 4 is 5.91 Å². The number of aliphatic hydroxyl groups is 1. The fraction of sp³-hybridized carbons (Fsp3) is 0.417. The van der Waals surface area contributed by atoms with Crippen molar-refractivity contribution in [3.8, 4) is 0 Å². The summed E-state index contributed by atoms with van der Waals surface area (Å²) in [4.78, 5) is 11.6. The number of benzene rings is 1. The topological polar surface area (TPSA) is 67.8 Å². The Labute approximate surface area is 98.3 Å². The van der Waals surface area contributed by atoms with Crippen LogP contribution in [0.5, 0.6) is 0 Å². The van der Waals surface area contributed by atoms with Gasteiger partial charge in [-0.05, 0) is 0 Å². The summed E-state index contributed by atoms with van der Waals surface area (Å²) < 4.78 is 11.1. The number of rotatable bonds is 1. The molecule has 0 bridgehead atoms. The number of piperidine rings is 1. The number of β-amino-alcohol motifs (C(OH)–C–C–N with tert-alkyl or cyclic N) is 1. The third-order valence-corrected chi connectivity index (χ3v) is 3.04. The first-order valence-electron chi connectivity index (χ1n) is 5.57. The van der Waals surface area contributed by atoms with Crippen LogP contribution < -0.4 is 5.32 Å². The summed E-state index contributed by atoms with van der Waals surface area (Å²) in [6.45, 7) is 0.213. The van der Waals surface area contributed by atoms with Crippen molar-refractivity contribution in [1.29, 1.82) is 0 Å². The van der Waals surface area contributed by atoms with E-state index in [4.69, 9.17) is 9.47 Å². The Morgan fingerprint density at radius 2 is 2.00 bits per heavy atom. The van der Waals surface area contributed by atoms with Gasteiger partial charge >= 0.3 is 0 Å². The van der Waals surface area contributed by atoms with Gasteiger partial charge in [-0.2, -0.15) is 0 Å². The molecule has 2 N–H and O–H groups in total. The molecule has 1 amide bonds. The minimum Gasteiger partial charge on any atom is -0.388 e. The highest BCUT2D eigenvalue weighted by molar-refractivity contribution is 5.82. The smallest absolute Gasteiger partial charge is 0.252 e. The second kappa shape index (κ2) is 4.10. The maximum absolute atomic E-state index is 11.6. The third-order valence-electron chi connectivity index (χ3n) is 3.04. The van der Waals surface area contributed by atoms with E-state index >= 15 is 0 Å². The standard InChI is InChI=1S/C12H13NO4/c14-8-6-13-11(15)10-9(8)16-12(17-10)7-4-2-1-3-5-7/h1-5,8-10,12,14H,6H2,(H,13,15)/t8-,9-,10-,12?/m1/s1. The van der Waals surface area contributed by atoms with Crippen molar-refractivity contribution in [3.05, 3.63) is 35.9 Å². The van der Waals surface area contributed by atoms with E-state index in [0.717, 1.165) is 5.56 Å². The normalized spacial score (nSPS) is 36.4. The average molecular weight is 235 g/mol. The Balaban J connectivity index is 1.82. The number of nitrogens with one attached hydrogen (secondary N) is 1. The van der Waals surface area contributed by atoms with E-state index in [1.54, 1.807) is 0 Å². The summed E-state index contributed by atoms with van der Waals surface area (Å²) in [5, 5.41) is 12.3. The molecule has 0 spiro atoms. The number of hydrogen-bond donors (Lipinski definition) is 2. The first-order chi connectivity index (χ1) is 8.25. The molecular weight excluding hydrogens is 222 g/mol. The molecule has 3 rings (SSSR count). The first kappa shape index (κ1) is 10.7. The molecule has 90 valence electrons. The maximum atomic E-state index is 11.6. The number of ether oxygens (including phenoxy) is 2. The fourth-order valence-electron chi connectivity index (χ4n) is 2.15. The van der Waals surface area contributed by atoms with Crippen LogP contribution in [0.1, 0.15) is 11.9 Å². The van der Waals surface area contributed by atoms with Gasteiger partial charge in [-0.15, -0.1) is 0 Å². The van der Waals surface area contributed by atoms with Gasteiger partial charge in [0.05, 0.1) is 0 Å². The highest BCUT2D eigenvalue weighted by atomic mass is 16.7. The molecule has 5 heteroatoms. The fourth-order valence-corrected chi connectivity index (χ4v) is 2.15. The predicted molar refractivity (Wildman–Crippen MR) is 57.9 cm³/mol. The molecule has 2 fully saturated rings. The minimum absolute atomic E-state index is 0.213. The van der Waals surface area contributed by atoms with Crippen LogP contribution in [0.4, 0.5) is 0 Å². The zero-order chi connectivity index (χ0) is 11.8. The summed E-state index contributed by atoms with van der Waals surface area (Å²) in [6.07, 6.45) is -2.59. The second-order valence-electron chi connectivity index (χ2n) is 4.21. The molecule has 0 saturated carbocycles. The number of carbonyl (C=O) groups excluding carboxylic acids is 1. The van der Waals surface area contributed by atoms with E-state index in [1.807, 2.05) is 30.3 Å². The van der Waals surface area contributed by atoms with Crippen molar-refractivity contribution < 1.29 is 19.4 Å². The number of hydrogen-bond acceptors (Lipinski definition) is 4. The molecule has 2 aliphatic rings. The zero-order valence-electron chi connectivity index (χ0n) is 9.08. The van der Waals surface area contributed by atoms with Gasteiger partial charge in [0.25, 0.3) is 5.91 Å². The van der Waals surface area contributed by atoms with E-state index in [0.29, 0.717) is 0 Å². The Kier molecular flexibility index (Phi) is 2.58. The maximum Gasteiger partial charge on any atom is 0.252 e. The van der Waals surface area contributed by atoms with Crippen LogP contribution in [-0.4, -0.2) is 35.9 Å². The van der Waals surface area contributed by atoms with Gasteiger partial charge in [-0.1, -0.05) is 30.3 Å². The Bertz CT molecular complexity index is 422. The summed E-state index contributed by atoms with van der Waals surface area (Å²) in [6, 6.07) is 9.38. The molecule has 1 unspecified atom stereocenters. The zero-order valence-corrected chi connectivity index (χ0v) is 9.08. The van der Waals surface area contributed by atoms with Crippen LogP contribution >= 0.6 is 0 Å². The van der Waals surface area contributed by atoms with Crippen molar-refractivity contribution in [2.75, 3.05) is 6.54 Å². The monoisotopic (exact) mass is 235 g/mol. The van der Waals surface area contributed by atoms with Gasteiger partial charge in [0.2, 0.25) is 0 Å². The van der Waals surface area contributed by atoms with Crippen LogP contribution in [0.25, 0.3) is 0 Å².